The second-order valence-electron chi connectivity index (χ2n) is 5.82. The van der Waals surface area contributed by atoms with Gasteiger partial charge in [-0.15, -0.1) is 6.58 Å². The van der Waals surface area contributed by atoms with Gasteiger partial charge in [-0.3, -0.25) is 0 Å². The molecule has 0 aromatic rings. The maximum Gasteiger partial charge on any atom is 0.0755 e. The van der Waals surface area contributed by atoms with Crippen molar-refractivity contribution >= 4 is 0 Å². The Morgan fingerprint density at radius 3 is 2.50 bits per heavy atom. The second-order valence-corrected chi connectivity index (χ2v) is 5.82. The van der Waals surface area contributed by atoms with Crippen LogP contribution in [0.25, 0.3) is 0 Å². The molecule has 0 saturated heterocycles. The SMILES string of the molecule is C=C(C)CC(NCCC)C(OC)C1CCCCC1. The Bertz CT molecular complexity index is 233. The van der Waals surface area contributed by atoms with Gasteiger partial charge >= 0.3 is 0 Å². The lowest BCUT2D eigenvalue weighted by molar-refractivity contribution is 0.00838. The quantitative estimate of drug-likeness (QED) is 0.662. The summed E-state index contributed by atoms with van der Waals surface area (Å²) in [5.74, 6) is 0.734. The summed E-state index contributed by atoms with van der Waals surface area (Å²) < 4.78 is 5.85. The number of rotatable bonds is 8. The molecule has 0 aromatic heterocycles. The molecule has 0 bridgehead atoms. The number of ether oxygens (including phenoxy) is 1. The molecule has 1 N–H and O–H groups in total. The van der Waals surface area contributed by atoms with Crippen molar-refractivity contribution in [3.63, 3.8) is 0 Å². The highest BCUT2D eigenvalue weighted by Gasteiger charge is 2.30. The van der Waals surface area contributed by atoms with Crippen molar-refractivity contribution in [2.75, 3.05) is 13.7 Å². The van der Waals surface area contributed by atoms with Crippen molar-refractivity contribution < 1.29 is 4.74 Å². The molecule has 0 aromatic carbocycles. The van der Waals surface area contributed by atoms with Crippen molar-refractivity contribution in [2.45, 2.75) is 70.9 Å². The summed E-state index contributed by atoms with van der Waals surface area (Å²) in [6.45, 7) is 9.48. The summed E-state index contributed by atoms with van der Waals surface area (Å²) in [5, 5.41) is 3.66. The summed E-state index contributed by atoms with van der Waals surface area (Å²) in [6.07, 6.45) is 9.38. The van der Waals surface area contributed by atoms with Gasteiger partial charge in [-0.25, -0.2) is 0 Å². The molecule has 1 saturated carbocycles. The fourth-order valence-corrected chi connectivity index (χ4v) is 3.16. The highest BCUT2D eigenvalue weighted by atomic mass is 16.5. The van der Waals surface area contributed by atoms with Gasteiger partial charge in [-0.2, -0.15) is 0 Å². The molecule has 0 heterocycles. The molecule has 18 heavy (non-hydrogen) atoms. The van der Waals surface area contributed by atoms with E-state index in [4.69, 9.17) is 4.74 Å². The van der Waals surface area contributed by atoms with Crippen molar-refractivity contribution in [3.05, 3.63) is 12.2 Å². The van der Waals surface area contributed by atoms with Gasteiger partial charge in [0.1, 0.15) is 0 Å². The molecule has 1 aliphatic rings. The molecule has 106 valence electrons. The predicted octanol–water partition coefficient (Wildman–Crippen LogP) is 3.92. The predicted molar refractivity (Wildman–Crippen MR) is 78.9 cm³/mol. The molecule has 2 unspecified atom stereocenters. The first-order chi connectivity index (χ1) is 8.69. The van der Waals surface area contributed by atoms with E-state index in [-0.39, 0.29) is 0 Å². The molecule has 1 aliphatic carbocycles. The smallest absolute Gasteiger partial charge is 0.0755 e. The second kappa shape index (κ2) is 8.71. The summed E-state index contributed by atoms with van der Waals surface area (Å²) in [7, 11) is 1.87. The molecule has 1 rings (SSSR count). The van der Waals surface area contributed by atoms with Crippen LogP contribution < -0.4 is 5.32 Å². The topological polar surface area (TPSA) is 21.3 Å². The lowest BCUT2D eigenvalue weighted by atomic mass is 9.81. The number of nitrogens with one attached hydrogen (secondary N) is 1. The van der Waals surface area contributed by atoms with Crippen molar-refractivity contribution in [1.29, 1.82) is 0 Å². The highest BCUT2D eigenvalue weighted by molar-refractivity contribution is 4.97. The van der Waals surface area contributed by atoms with Crippen LogP contribution in [0.3, 0.4) is 0 Å². The standard InChI is InChI=1S/C16H31NO/c1-5-11-17-15(12-13(2)3)16(18-4)14-9-7-6-8-10-14/h14-17H,2,5-12H2,1,3-4H3. The van der Waals surface area contributed by atoms with E-state index in [0.29, 0.717) is 12.1 Å². The van der Waals surface area contributed by atoms with Crippen LogP contribution in [0.1, 0.15) is 58.8 Å². The fourth-order valence-electron chi connectivity index (χ4n) is 3.16. The lowest BCUT2D eigenvalue weighted by Crippen LogP contribution is -2.46. The van der Waals surface area contributed by atoms with Crippen LogP contribution in [0.4, 0.5) is 0 Å². The van der Waals surface area contributed by atoms with Gasteiger partial charge in [-0.05, 0) is 45.1 Å². The third-order valence-electron chi connectivity index (χ3n) is 4.01. The third kappa shape index (κ3) is 5.11. The maximum absolute atomic E-state index is 5.85. The number of hydrogen-bond acceptors (Lipinski definition) is 2. The fraction of sp³-hybridized carbons (Fsp3) is 0.875. The molecule has 0 radical (unpaired) electrons. The van der Waals surface area contributed by atoms with Crippen LogP contribution in [0, 0.1) is 5.92 Å². The van der Waals surface area contributed by atoms with E-state index in [1.54, 1.807) is 0 Å². The first-order valence-corrected chi connectivity index (χ1v) is 7.59. The van der Waals surface area contributed by atoms with E-state index in [1.807, 2.05) is 7.11 Å². The zero-order chi connectivity index (χ0) is 13.4. The Balaban J connectivity index is 2.61. The minimum atomic E-state index is 0.355. The molecular formula is C16H31NO. The summed E-state index contributed by atoms with van der Waals surface area (Å²) in [6, 6.07) is 0.440. The molecule has 0 aliphatic heterocycles. The zero-order valence-corrected chi connectivity index (χ0v) is 12.5. The van der Waals surface area contributed by atoms with Gasteiger partial charge in [0.25, 0.3) is 0 Å². The summed E-state index contributed by atoms with van der Waals surface area (Å²) in [5.41, 5.74) is 1.25. The van der Waals surface area contributed by atoms with Crippen LogP contribution in [0.2, 0.25) is 0 Å². The number of hydrogen-bond donors (Lipinski definition) is 1. The molecular weight excluding hydrogens is 222 g/mol. The zero-order valence-electron chi connectivity index (χ0n) is 12.5. The van der Waals surface area contributed by atoms with Gasteiger partial charge in [0.2, 0.25) is 0 Å². The van der Waals surface area contributed by atoms with Crippen molar-refractivity contribution in [3.8, 4) is 0 Å². The monoisotopic (exact) mass is 253 g/mol. The van der Waals surface area contributed by atoms with Gasteiger partial charge < -0.3 is 10.1 Å². The average molecular weight is 253 g/mol. The van der Waals surface area contributed by atoms with E-state index in [0.717, 1.165) is 18.9 Å². The van der Waals surface area contributed by atoms with Crippen LogP contribution in [-0.4, -0.2) is 25.8 Å². The Hall–Kier alpha value is -0.340. The van der Waals surface area contributed by atoms with Crippen LogP contribution in [0.15, 0.2) is 12.2 Å². The average Bonchev–Trinajstić information content (AvgIpc) is 2.37. The maximum atomic E-state index is 5.85. The molecule has 0 amide bonds. The number of methoxy groups -OCH3 is 1. The van der Waals surface area contributed by atoms with Crippen LogP contribution in [-0.2, 0) is 4.74 Å². The first-order valence-electron chi connectivity index (χ1n) is 7.59. The minimum absolute atomic E-state index is 0.355. The summed E-state index contributed by atoms with van der Waals surface area (Å²) >= 11 is 0. The van der Waals surface area contributed by atoms with E-state index in [2.05, 4.69) is 25.7 Å². The summed E-state index contributed by atoms with van der Waals surface area (Å²) in [4.78, 5) is 0. The Morgan fingerprint density at radius 1 is 1.33 bits per heavy atom. The Kier molecular flexibility index (Phi) is 7.60. The molecule has 2 atom stereocenters. The van der Waals surface area contributed by atoms with Gasteiger partial charge in [-0.1, -0.05) is 31.8 Å². The minimum Gasteiger partial charge on any atom is -0.380 e. The van der Waals surface area contributed by atoms with E-state index < -0.39 is 0 Å². The third-order valence-corrected chi connectivity index (χ3v) is 4.01. The van der Waals surface area contributed by atoms with Crippen LogP contribution in [0.5, 0.6) is 0 Å². The van der Waals surface area contributed by atoms with Crippen molar-refractivity contribution in [1.82, 2.24) is 5.32 Å². The van der Waals surface area contributed by atoms with Crippen LogP contribution >= 0.6 is 0 Å². The molecule has 2 nitrogen and oxygen atoms in total. The Morgan fingerprint density at radius 2 is 2.00 bits per heavy atom. The van der Waals surface area contributed by atoms with E-state index in [9.17, 15) is 0 Å². The molecule has 2 heteroatoms. The molecule has 0 spiro atoms. The van der Waals surface area contributed by atoms with Gasteiger partial charge in [0.05, 0.1) is 6.10 Å². The molecule has 1 fully saturated rings. The normalized spacial score (nSPS) is 20.6. The first kappa shape index (κ1) is 15.7. The van der Waals surface area contributed by atoms with E-state index >= 15 is 0 Å². The van der Waals surface area contributed by atoms with E-state index in [1.165, 1.54) is 44.1 Å². The van der Waals surface area contributed by atoms with Crippen molar-refractivity contribution in [2.24, 2.45) is 5.92 Å². The van der Waals surface area contributed by atoms with Gasteiger partial charge in [0.15, 0.2) is 0 Å². The Labute approximate surface area is 113 Å². The largest absolute Gasteiger partial charge is 0.380 e. The highest BCUT2D eigenvalue weighted by Crippen LogP contribution is 2.30. The van der Waals surface area contributed by atoms with Gasteiger partial charge in [0, 0.05) is 13.2 Å². The lowest BCUT2D eigenvalue weighted by Gasteiger charge is -2.35.